The monoisotopic (exact) mass is 401 g/mol. The van der Waals surface area contributed by atoms with Crippen LogP contribution in [0.4, 0.5) is 0 Å². The number of aromatic carboxylic acids is 1. The van der Waals surface area contributed by atoms with Gasteiger partial charge in [-0.3, -0.25) is 4.57 Å². The maximum atomic E-state index is 12.6. The van der Waals surface area contributed by atoms with Gasteiger partial charge in [-0.05, 0) is 38.0 Å². The first-order chi connectivity index (χ1) is 12.9. The predicted octanol–water partition coefficient (Wildman–Crippen LogP) is 1.91. The summed E-state index contributed by atoms with van der Waals surface area (Å²) in [5.41, 5.74) is 1.15. The maximum absolute atomic E-state index is 12.6. The lowest BCUT2D eigenvalue weighted by Crippen LogP contribution is -2.48. The van der Waals surface area contributed by atoms with Gasteiger partial charge in [-0.25, -0.2) is 4.79 Å². The largest absolute Gasteiger partial charge is 0.478 e. The Balaban J connectivity index is 1.86. The summed E-state index contributed by atoms with van der Waals surface area (Å²) in [5.74, 6) is -0.957. The van der Waals surface area contributed by atoms with Crippen molar-refractivity contribution >= 4 is 13.3 Å². The molecule has 3 unspecified atom stereocenters. The molecule has 27 heavy (non-hydrogen) atoms. The SMILES string of the molecule is CCOC(OCC)P(=O)(O)CC1CNC(Cc2cccc(C(=O)O)c2)CO1. The van der Waals surface area contributed by atoms with E-state index in [2.05, 4.69) is 5.32 Å². The van der Waals surface area contributed by atoms with E-state index in [-0.39, 0.29) is 31.0 Å². The van der Waals surface area contributed by atoms with E-state index in [0.29, 0.717) is 19.6 Å². The molecule has 1 fully saturated rings. The van der Waals surface area contributed by atoms with Gasteiger partial charge in [-0.15, -0.1) is 0 Å². The normalized spacial score (nSPS) is 22.5. The first kappa shape index (κ1) is 22.0. The van der Waals surface area contributed by atoms with Crippen molar-refractivity contribution in [3.05, 3.63) is 35.4 Å². The molecule has 1 saturated heterocycles. The second-order valence-electron chi connectivity index (χ2n) is 6.43. The van der Waals surface area contributed by atoms with Crippen molar-refractivity contribution in [2.45, 2.75) is 38.4 Å². The molecule has 1 heterocycles. The Morgan fingerprint density at radius 1 is 1.37 bits per heavy atom. The highest BCUT2D eigenvalue weighted by Crippen LogP contribution is 2.48. The lowest BCUT2D eigenvalue weighted by molar-refractivity contribution is -0.0884. The van der Waals surface area contributed by atoms with Crippen molar-refractivity contribution in [1.29, 1.82) is 0 Å². The minimum absolute atomic E-state index is 0.0120. The molecule has 0 saturated carbocycles. The number of hydrogen-bond acceptors (Lipinski definition) is 6. The van der Waals surface area contributed by atoms with Crippen LogP contribution in [-0.2, 0) is 25.2 Å². The van der Waals surface area contributed by atoms with Crippen LogP contribution in [0.2, 0.25) is 0 Å². The zero-order chi connectivity index (χ0) is 19.9. The first-order valence-electron chi connectivity index (χ1n) is 9.07. The average Bonchev–Trinajstić information content (AvgIpc) is 2.63. The van der Waals surface area contributed by atoms with Gasteiger partial charge in [0.15, 0.2) is 0 Å². The van der Waals surface area contributed by atoms with Crippen molar-refractivity contribution in [2.24, 2.45) is 0 Å². The van der Waals surface area contributed by atoms with E-state index in [0.717, 1.165) is 5.56 Å². The van der Waals surface area contributed by atoms with Crippen LogP contribution in [0.25, 0.3) is 0 Å². The lowest BCUT2D eigenvalue weighted by Gasteiger charge is -2.32. The van der Waals surface area contributed by atoms with Crippen LogP contribution in [0.1, 0.15) is 29.8 Å². The number of ether oxygens (including phenoxy) is 3. The molecule has 9 heteroatoms. The summed E-state index contributed by atoms with van der Waals surface area (Å²) in [6.07, 6.45) is 0.155. The van der Waals surface area contributed by atoms with Gasteiger partial charge in [0.05, 0.1) is 24.4 Å². The third-order valence-electron chi connectivity index (χ3n) is 4.24. The topological polar surface area (TPSA) is 114 Å². The second kappa shape index (κ2) is 10.3. The molecule has 3 N–H and O–H groups in total. The molecule has 152 valence electrons. The second-order valence-corrected chi connectivity index (χ2v) is 8.72. The summed E-state index contributed by atoms with van der Waals surface area (Å²) < 4.78 is 28.9. The summed E-state index contributed by atoms with van der Waals surface area (Å²) in [4.78, 5) is 21.4. The molecule has 8 nitrogen and oxygen atoms in total. The van der Waals surface area contributed by atoms with E-state index in [1.807, 2.05) is 6.07 Å². The van der Waals surface area contributed by atoms with Crippen molar-refractivity contribution in [3.8, 4) is 0 Å². The molecule has 0 aliphatic carbocycles. The van der Waals surface area contributed by atoms with Crippen molar-refractivity contribution in [1.82, 2.24) is 5.32 Å². The molecule has 0 spiro atoms. The third-order valence-corrected chi connectivity index (χ3v) is 6.12. The predicted molar refractivity (Wildman–Crippen MR) is 100 cm³/mol. The molecule has 0 bridgehead atoms. The summed E-state index contributed by atoms with van der Waals surface area (Å²) in [7, 11) is -3.68. The number of carbonyl (C=O) groups is 1. The van der Waals surface area contributed by atoms with Gasteiger partial charge in [0, 0.05) is 25.8 Å². The van der Waals surface area contributed by atoms with Crippen LogP contribution in [-0.4, -0.2) is 66.7 Å². The summed E-state index contributed by atoms with van der Waals surface area (Å²) in [6.45, 7) is 4.87. The first-order valence-corrected chi connectivity index (χ1v) is 11.0. The molecule has 1 aliphatic heterocycles. The fourth-order valence-corrected chi connectivity index (χ4v) is 4.73. The summed E-state index contributed by atoms with van der Waals surface area (Å²) in [5, 5.41) is 12.4. The highest BCUT2D eigenvalue weighted by Gasteiger charge is 2.37. The van der Waals surface area contributed by atoms with Gasteiger partial charge < -0.3 is 29.5 Å². The Hall–Kier alpha value is -1.28. The average molecular weight is 401 g/mol. The quantitative estimate of drug-likeness (QED) is 0.402. The standard InChI is InChI=1S/C18H28NO7P/c1-3-24-18(25-4-2)27(22,23)12-16-10-19-15(11-26-16)9-13-6-5-7-14(8-13)17(20)21/h5-8,15-16,18-19H,3-4,9-12H2,1-2H3,(H,20,21)(H,22,23). The molecule has 3 atom stereocenters. The zero-order valence-corrected chi connectivity index (χ0v) is 16.6. The van der Waals surface area contributed by atoms with E-state index in [9.17, 15) is 14.3 Å². The number of hydrogen-bond donors (Lipinski definition) is 3. The molecule has 1 aliphatic rings. The van der Waals surface area contributed by atoms with Gasteiger partial charge in [0.1, 0.15) is 0 Å². The number of carboxylic acids is 1. The number of nitrogens with one attached hydrogen (secondary N) is 1. The third kappa shape index (κ3) is 6.68. The number of morpholine rings is 1. The van der Waals surface area contributed by atoms with Gasteiger partial charge in [-0.1, -0.05) is 12.1 Å². The van der Waals surface area contributed by atoms with E-state index in [4.69, 9.17) is 19.3 Å². The van der Waals surface area contributed by atoms with E-state index in [1.165, 1.54) is 0 Å². The number of rotatable bonds is 10. The summed E-state index contributed by atoms with van der Waals surface area (Å²) in [6, 6.07) is 5.67. The summed E-state index contributed by atoms with van der Waals surface area (Å²) >= 11 is 0. The van der Waals surface area contributed by atoms with Gasteiger partial charge in [0.25, 0.3) is 7.37 Å². The van der Waals surface area contributed by atoms with Crippen LogP contribution in [0, 0.1) is 0 Å². The molecular formula is C18H28NO7P. The fourth-order valence-electron chi connectivity index (χ4n) is 2.98. The Morgan fingerprint density at radius 2 is 2.07 bits per heavy atom. The molecule has 0 aromatic heterocycles. The van der Waals surface area contributed by atoms with Crippen LogP contribution in [0.15, 0.2) is 24.3 Å². The van der Waals surface area contributed by atoms with Gasteiger partial charge >= 0.3 is 5.97 Å². The maximum Gasteiger partial charge on any atom is 0.335 e. The zero-order valence-electron chi connectivity index (χ0n) is 15.7. The smallest absolute Gasteiger partial charge is 0.335 e. The molecule has 0 radical (unpaired) electrons. The van der Waals surface area contributed by atoms with E-state index in [1.54, 1.807) is 32.0 Å². The van der Waals surface area contributed by atoms with Crippen LogP contribution >= 0.6 is 7.37 Å². The van der Waals surface area contributed by atoms with Crippen LogP contribution in [0.5, 0.6) is 0 Å². The van der Waals surface area contributed by atoms with Crippen molar-refractivity contribution in [2.75, 3.05) is 32.5 Å². The van der Waals surface area contributed by atoms with E-state index < -0.39 is 25.5 Å². The molecule has 2 rings (SSSR count). The molecule has 1 aromatic rings. The fraction of sp³-hybridized carbons (Fsp3) is 0.611. The van der Waals surface area contributed by atoms with E-state index >= 15 is 0 Å². The van der Waals surface area contributed by atoms with Crippen molar-refractivity contribution < 1.29 is 33.6 Å². The van der Waals surface area contributed by atoms with Crippen LogP contribution < -0.4 is 5.32 Å². The highest BCUT2D eigenvalue weighted by atomic mass is 31.2. The Kier molecular flexibility index (Phi) is 8.41. The Morgan fingerprint density at radius 3 is 2.63 bits per heavy atom. The minimum Gasteiger partial charge on any atom is -0.478 e. The molecule has 1 aromatic carbocycles. The molecule has 0 amide bonds. The highest BCUT2D eigenvalue weighted by molar-refractivity contribution is 7.58. The molecular weight excluding hydrogens is 373 g/mol. The minimum atomic E-state index is -3.68. The van der Waals surface area contributed by atoms with Crippen LogP contribution in [0.3, 0.4) is 0 Å². The van der Waals surface area contributed by atoms with Gasteiger partial charge in [0.2, 0.25) is 6.03 Å². The number of carboxylic acid groups (broad SMARTS) is 1. The lowest BCUT2D eigenvalue weighted by atomic mass is 10.0. The Bertz CT molecular complexity index is 655. The van der Waals surface area contributed by atoms with Crippen molar-refractivity contribution in [3.63, 3.8) is 0 Å². The Labute approximate surface area is 159 Å². The number of benzene rings is 1. The van der Waals surface area contributed by atoms with Gasteiger partial charge in [-0.2, -0.15) is 0 Å².